The van der Waals surface area contributed by atoms with Crippen LogP contribution in [-0.2, 0) is 9.84 Å². The van der Waals surface area contributed by atoms with Crippen LogP contribution in [0.2, 0.25) is 10.0 Å². The molecule has 0 atom stereocenters. The van der Waals surface area contributed by atoms with Crippen molar-refractivity contribution in [1.82, 2.24) is 0 Å². The number of nitrogens with one attached hydrogen (secondary N) is 1. The van der Waals surface area contributed by atoms with E-state index in [9.17, 15) is 13.2 Å². The van der Waals surface area contributed by atoms with Crippen molar-refractivity contribution in [1.29, 1.82) is 0 Å². The second-order valence-electron chi connectivity index (χ2n) is 4.71. The predicted molar refractivity (Wildman–Crippen MR) is 90.5 cm³/mol. The third-order valence-corrected chi connectivity index (χ3v) is 4.80. The number of carbonyl (C=O) groups is 1. The number of amides is 1. The molecule has 2 aromatic rings. The molecule has 0 aromatic heterocycles. The first-order valence-electron chi connectivity index (χ1n) is 6.37. The summed E-state index contributed by atoms with van der Waals surface area (Å²) >= 11 is 12.0. The van der Waals surface area contributed by atoms with Gasteiger partial charge in [-0.2, -0.15) is 0 Å². The van der Waals surface area contributed by atoms with E-state index in [0.717, 1.165) is 6.26 Å². The largest absolute Gasteiger partial charge is 0.497 e. The quantitative estimate of drug-likeness (QED) is 0.887. The number of hydrogen-bond donors (Lipinski definition) is 1. The SMILES string of the molecule is COc1ccc(Cl)c(NC(=O)c2cc(S(C)(=O)=O)ccc2Cl)c1. The number of methoxy groups -OCH3 is 1. The Morgan fingerprint density at radius 3 is 2.35 bits per heavy atom. The van der Waals surface area contributed by atoms with Crippen molar-refractivity contribution in [2.75, 3.05) is 18.7 Å². The van der Waals surface area contributed by atoms with Gasteiger partial charge in [0.15, 0.2) is 9.84 Å². The minimum absolute atomic E-state index is 0.00351. The maximum absolute atomic E-state index is 12.4. The van der Waals surface area contributed by atoms with Crippen molar-refractivity contribution in [2.45, 2.75) is 4.90 Å². The summed E-state index contributed by atoms with van der Waals surface area (Å²) in [5, 5.41) is 3.04. The first kappa shape index (κ1) is 17.6. The smallest absolute Gasteiger partial charge is 0.257 e. The highest BCUT2D eigenvalue weighted by molar-refractivity contribution is 7.90. The van der Waals surface area contributed by atoms with Crippen LogP contribution in [-0.4, -0.2) is 27.7 Å². The van der Waals surface area contributed by atoms with E-state index in [1.54, 1.807) is 18.2 Å². The average Bonchev–Trinajstić information content (AvgIpc) is 2.48. The molecule has 1 N–H and O–H groups in total. The molecule has 2 aromatic carbocycles. The van der Waals surface area contributed by atoms with Crippen LogP contribution in [0.5, 0.6) is 5.75 Å². The van der Waals surface area contributed by atoms with E-state index >= 15 is 0 Å². The van der Waals surface area contributed by atoms with Gasteiger partial charge in [-0.15, -0.1) is 0 Å². The fourth-order valence-corrected chi connectivity index (χ4v) is 2.84. The average molecular weight is 374 g/mol. The number of halogens is 2. The minimum Gasteiger partial charge on any atom is -0.497 e. The molecule has 0 saturated carbocycles. The molecular formula is C15H13Cl2NO4S. The highest BCUT2D eigenvalue weighted by Crippen LogP contribution is 2.28. The predicted octanol–water partition coefficient (Wildman–Crippen LogP) is 3.66. The lowest BCUT2D eigenvalue weighted by Gasteiger charge is -2.11. The highest BCUT2D eigenvalue weighted by atomic mass is 35.5. The lowest BCUT2D eigenvalue weighted by atomic mass is 10.2. The van der Waals surface area contributed by atoms with Gasteiger partial charge in [-0.05, 0) is 30.3 Å². The van der Waals surface area contributed by atoms with Crippen molar-refractivity contribution >= 4 is 44.6 Å². The van der Waals surface area contributed by atoms with Crippen molar-refractivity contribution < 1.29 is 17.9 Å². The van der Waals surface area contributed by atoms with E-state index in [0.29, 0.717) is 16.5 Å². The fraction of sp³-hybridized carbons (Fsp3) is 0.133. The van der Waals surface area contributed by atoms with Crippen LogP contribution < -0.4 is 10.1 Å². The van der Waals surface area contributed by atoms with Gasteiger partial charge in [-0.1, -0.05) is 23.2 Å². The summed E-state index contributed by atoms with van der Waals surface area (Å²) in [6, 6.07) is 8.70. The van der Waals surface area contributed by atoms with Gasteiger partial charge in [0.25, 0.3) is 5.91 Å². The summed E-state index contributed by atoms with van der Waals surface area (Å²) < 4.78 is 28.3. The molecule has 5 nitrogen and oxygen atoms in total. The van der Waals surface area contributed by atoms with E-state index in [1.807, 2.05) is 0 Å². The third kappa shape index (κ3) is 4.16. The Labute approximate surface area is 144 Å². The Bertz CT molecular complexity index is 866. The number of ether oxygens (including phenoxy) is 1. The molecule has 0 spiro atoms. The summed E-state index contributed by atoms with van der Waals surface area (Å²) in [6.45, 7) is 0. The number of benzene rings is 2. The van der Waals surface area contributed by atoms with Crippen molar-refractivity contribution in [3.63, 3.8) is 0 Å². The zero-order chi connectivity index (χ0) is 17.2. The molecule has 0 aliphatic rings. The first-order valence-corrected chi connectivity index (χ1v) is 9.01. The van der Waals surface area contributed by atoms with Gasteiger partial charge >= 0.3 is 0 Å². The van der Waals surface area contributed by atoms with E-state index < -0.39 is 15.7 Å². The molecule has 1 amide bonds. The van der Waals surface area contributed by atoms with Crippen LogP contribution in [0.3, 0.4) is 0 Å². The van der Waals surface area contributed by atoms with Gasteiger partial charge in [0.1, 0.15) is 5.75 Å². The summed E-state index contributed by atoms with van der Waals surface area (Å²) in [6.07, 6.45) is 1.05. The normalized spacial score (nSPS) is 11.1. The molecule has 0 aliphatic heterocycles. The topological polar surface area (TPSA) is 72.5 Å². The van der Waals surface area contributed by atoms with E-state index in [4.69, 9.17) is 27.9 Å². The van der Waals surface area contributed by atoms with Crippen LogP contribution in [0.15, 0.2) is 41.3 Å². The highest BCUT2D eigenvalue weighted by Gasteiger charge is 2.16. The second-order valence-corrected chi connectivity index (χ2v) is 7.54. The van der Waals surface area contributed by atoms with Crippen LogP contribution in [0.25, 0.3) is 0 Å². The monoisotopic (exact) mass is 373 g/mol. The van der Waals surface area contributed by atoms with Gasteiger partial charge in [0.2, 0.25) is 0 Å². The van der Waals surface area contributed by atoms with Gasteiger partial charge in [-0.25, -0.2) is 8.42 Å². The number of hydrogen-bond acceptors (Lipinski definition) is 4. The Hall–Kier alpha value is -1.76. The molecule has 0 aliphatic carbocycles. The first-order chi connectivity index (χ1) is 10.7. The maximum Gasteiger partial charge on any atom is 0.257 e. The summed E-state index contributed by atoms with van der Waals surface area (Å²) in [5.74, 6) is -0.0589. The summed E-state index contributed by atoms with van der Waals surface area (Å²) in [4.78, 5) is 12.4. The molecule has 0 saturated heterocycles. The Balaban J connectivity index is 2.38. The molecule has 122 valence electrons. The van der Waals surface area contributed by atoms with E-state index in [1.165, 1.54) is 25.3 Å². The zero-order valence-corrected chi connectivity index (χ0v) is 14.6. The Morgan fingerprint density at radius 1 is 1.09 bits per heavy atom. The Kier molecular flexibility index (Phi) is 5.19. The molecule has 8 heteroatoms. The maximum atomic E-state index is 12.4. The zero-order valence-electron chi connectivity index (χ0n) is 12.3. The molecule has 0 radical (unpaired) electrons. The lowest BCUT2D eigenvalue weighted by Crippen LogP contribution is -2.14. The molecule has 0 heterocycles. The van der Waals surface area contributed by atoms with Gasteiger partial charge in [-0.3, -0.25) is 4.79 Å². The Morgan fingerprint density at radius 2 is 1.74 bits per heavy atom. The van der Waals surface area contributed by atoms with Gasteiger partial charge in [0.05, 0.1) is 33.3 Å². The summed E-state index contributed by atoms with van der Waals surface area (Å²) in [5.41, 5.74) is 0.366. The van der Waals surface area contributed by atoms with Crippen LogP contribution in [0, 0.1) is 0 Å². The van der Waals surface area contributed by atoms with Gasteiger partial charge < -0.3 is 10.1 Å². The van der Waals surface area contributed by atoms with E-state index in [2.05, 4.69) is 5.32 Å². The molecule has 23 heavy (non-hydrogen) atoms. The molecule has 2 rings (SSSR count). The standard InChI is InChI=1S/C15H13Cl2NO4S/c1-22-9-3-5-13(17)14(7-9)18-15(19)11-8-10(23(2,20)21)4-6-12(11)16/h3-8H,1-2H3,(H,18,19). The number of carbonyl (C=O) groups excluding carboxylic acids is 1. The number of rotatable bonds is 4. The van der Waals surface area contributed by atoms with Crippen molar-refractivity contribution in [3.8, 4) is 5.75 Å². The summed E-state index contributed by atoms with van der Waals surface area (Å²) in [7, 11) is -1.96. The minimum atomic E-state index is -3.45. The molecular weight excluding hydrogens is 361 g/mol. The van der Waals surface area contributed by atoms with E-state index in [-0.39, 0.29) is 15.5 Å². The van der Waals surface area contributed by atoms with Gasteiger partial charge in [0, 0.05) is 12.3 Å². The number of sulfone groups is 1. The molecule has 0 bridgehead atoms. The fourth-order valence-electron chi connectivity index (χ4n) is 1.83. The van der Waals surface area contributed by atoms with Crippen LogP contribution >= 0.6 is 23.2 Å². The molecule has 0 fully saturated rings. The second kappa shape index (κ2) is 6.78. The molecule has 0 unspecified atom stereocenters. The van der Waals surface area contributed by atoms with Crippen LogP contribution in [0.1, 0.15) is 10.4 Å². The lowest BCUT2D eigenvalue weighted by molar-refractivity contribution is 0.102. The van der Waals surface area contributed by atoms with Crippen molar-refractivity contribution in [2.24, 2.45) is 0 Å². The number of anilines is 1. The third-order valence-electron chi connectivity index (χ3n) is 3.03. The van der Waals surface area contributed by atoms with Crippen LogP contribution in [0.4, 0.5) is 5.69 Å². The van der Waals surface area contributed by atoms with Crippen molar-refractivity contribution in [3.05, 3.63) is 52.0 Å².